The van der Waals surface area contributed by atoms with Crippen LogP contribution in [-0.4, -0.2) is 30.4 Å². The zero-order valence-electron chi connectivity index (χ0n) is 21.3. The molecule has 0 saturated carbocycles. The average molecular weight is 517 g/mol. The Hall–Kier alpha value is -4.46. The van der Waals surface area contributed by atoms with Gasteiger partial charge in [-0.25, -0.2) is 9.18 Å². The molecule has 0 aliphatic carbocycles. The lowest BCUT2D eigenvalue weighted by atomic mass is 10.0. The number of rotatable bonds is 10. The highest BCUT2D eigenvalue weighted by Gasteiger charge is 2.18. The van der Waals surface area contributed by atoms with Crippen LogP contribution in [0.5, 0.6) is 0 Å². The van der Waals surface area contributed by atoms with E-state index in [2.05, 4.69) is 10.5 Å². The molecule has 0 bridgehead atoms. The lowest BCUT2D eigenvalue weighted by molar-refractivity contribution is -0.142. The first-order valence-electron chi connectivity index (χ1n) is 12.4. The number of ether oxygens (including phenoxy) is 2. The highest BCUT2D eigenvalue weighted by Crippen LogP contribution is 2.31. The zero-order chi connectivity index (χ0) is 26.9. The lowest BCUT2D eigenvalue weighted by Gasteiger charge is -2.09. The van der Waals surface area contributed by atoms with Crippen LogP contribution in [0, 0.1) is 12.7 Å². The topological polar surface area (TPSA) is 90.7 Å². The second-order valence-electron chi connectivity index (χ2n) is 8.75. The summed E-state index contributed by atoms with van der Waals surface area (Å²) in [6.45, 7) is 3.92. The Morgan fingerprint density at radius 1 is 0.921 bits per heavy atom. The first-order chi connectivity index (χ1) is 18.4. The van der Waals surface area contributed by atoms with Crippen molar-refractivity contribution >= 4 is 17.7 Å². The van der Waals surface area contributed by atoms with Crippen molar-refractivity contribution < 1.29 is 28.0 Å². The van der Waals surface area contributed by atoms with Crippen LogP contribution >= 0.6 is 0 Å². The van der Waals surface area contributed by atoms with E-state index in [4.69, 9.17) is 14.0 Å². The van der Waals surface area contributed by atoms with E-state index >= 15 is 0 Å². The van der Waals surface area contributed by atoms with Crippen molar-refractivity contribution in [3.63, 3.8) is 0 Å². The van der Waals surface area contributed by atoms with E-state index in [0.29, 0.717) is 29.3 Å². The summed E-state index contributed by atoms with van der Waals surface area (Å²) in [5.74, 6) is -0.144. The molecule has 1 aromatic heterocycles. The number of aryl methyl sites for hydroxylation is 1. The predicted octanol–water partition coefficient (Wildman–Crippen LogP) is 6.28. The maximum atomic E-state index is 13.8. The molecule has 1 heterocycles. The van der Waals surface area contributed by atoms with E-state index in [-0.39, 0.29) is 31.2 Å². The van der Waals surface area contributed by atoms with Gasteiger partial charge in [0.25, 0.3) is 0 Å². The van der Waals surface area contributed by atoms with Gasteiger partial charge in [-0.15, -0.1) is 0 Å². The number of carbonyl (C=O) groups is 2. The van der Waals surface area contributed by atoms with E-state index < -0.39 is 6.09 Å². The molecule has 0 spiro atoms. The summed E-state index contributed by atoms with van der Waals surface area (Å²) >= 11 is 0. The molecule has 0 radical (unpaired) electrons. The quantitative estimate of drug-likeness (QED) is 0.250. The Bertz CT molecular complexity index is 1380. The highest BCUT2D eigenvalue weighted by molar-refractivity contribution is 5.90. The van der Waals surface area contributed by atoms with Crippen LogP contribution in [-0.2, 0) is 33.5 Å². The van der Waals surface area contributed by atoms with Gasteiger partial charge in [0, 0.05) is 12.0 Å². The zero-order valence-corrected chi connectivity index (χ0v) is 21.3. The first-order valence-corrected chi connectivity index (χ1v) is 12.4. The van der Waals surface area contributed by atoms with E-state index in [1.807, 2.05) is 48.5 Å². The summed E-state index contributed by atoms with van der Waals surface area (Å²) in [5.41, 5.74) is 5.28. The van der Waals surface area contributed by atoms with Gasteiger partial charge in [0.15, 0.2) is 5.76 Å². The summed E-state index contributed by atoms with van der Waals surface area (Å²) in [7, 11) is 0. The molecule has 4 aromatic rings. The molecule has 0 aliphatic heterocycles. The van der Waals surface area contributed by atoms with Crippen molar-refractivity contribution in [2.75, 3.05) is 18.5 Å². The number of nitrogens with one attached hydrogen (secondary N) is 1. The van der Waals surface area contributed by atoms with Crippen molar-refractivity contribution in [1.82, 2.24) is 5.16 Å². The molecule has 3 aromatic carbocycles. The highest BCUT2D eigenvalue weighted by atomic mass is 19.1. The summed E-state index contributed by atoms with van der Waals surface area (Å²) < 4.78 is 29.5. The van der Waals surface area contributed by atoms with Gasteiger partial charge in [0.05, 0.1) is 19.6 Å². The average Bonchev–Trinajstić information content (AvgIpc) is 3.26. The van der Waals surface area contributed by atoms with Crippen LogP contribution in [0.3, 0.4) is 0 Å². The summed E-state index contributed by atoms with van der Waals surface area (Å²) in [6.07, 6.45) is 0.575. The molecule has 4 rings (SSSR count). The van der Waals surface area contributed by atoms with Gasteiger partial charge in [-0.1, -0.05) is 71.9 Å². The number of amides is 1. The van der Waals surface area contributed by atoms with Gasteiger partial charge in [0.2, 0.25) is 0 Å². The van der Waals surface area contributed by atoms with E-state index in [0.717, 1.165) is 28.7 Å². The summed E-state index contributed by atoms with van der Waals surface area (Å²) in [4.78, 5) is 24.0. The number of hydrogen-bond donors (Lipinski definition) is 1. The molecule has 1 N–H and O–H groups in total. The van der Waals surface area contributed by atoms with Crippen LogP contribution in [0.2, 0.25) is 0 Å². The number of aromatic nitrogens is 1. The number of anilines is 1. The Balaban J connectivity index is 1.35. The molecule has 0 aliphatic rings. The van der Waals surface area contributed by atoms with Gasteiger partial charge < -0.3 is 14.0 Å². The van der Waals surface area contributed by atoms with Gasteiger partial charge in [-0.2, -0.15) is 0 Å². The molecule has 7 nitrogen and oxygen atoms in total. The van der Waals surface area contributed by atoms with E-state index in [1.54, 1.807) is 32.0 Å². The van der Waals surface area contributed by atoms with Crippen LogP contribution in [0.1, 0.15) is 34.9 Å². The third kappa shape index (κ3) is 7.06. The van der Waals surface area contributed by atoms with Gasteiger partial charge in [0.1, 0.15) is 17.2 Å². The largest absolute Gasteiger partial charge is 0.466 e. The molecule has 0 fully saturated rings. The lowest BCUT2D eigenvalue weighted by Crippen LogP contribution is -2.16. The molecule has 38 heavy (non-hydrogen) atoms. The molecule has 1 amide bonds. The summed E-state index contributed by atoms with van der Waals surface area (Å²) in [6, 6.07) is 22.0. The SMILES string of the molecule is CCOC(=O)Cc1ccc(Cc2ccc(-c3onc(C)c3NC(=O)OCCc3ccccc3F)cc2)cc1. The smallest absolute Gasteiger partial charge is 0.411 e. The second-order valence-corrected chi connectivity index (χ2v) is 8.75. The minimum atomic E-state index is -0.670. The van der Waals surface area contributed by atoms with Gasteiger partial charge >= 0.3 is 12.1 Å². The third-order valence-corrected chi connectivity index (χ3v) is 5.95. The van der Waals surface area contributed by atoms with Crippen molar-refractivity contribution in [3.05, 3.63) is 107 Å². The van der Waals surface area contributed by atoms with Gasteiger partial charge in [-0.05, 0) is 48.6 Å². The third-order valence-electron chi connectivity index (χ3n) is 5.95. The van der Waals surface area contributed by atoms with Crippen LogP contribution in [0.4, 0.5) is 14.9 Å². The number of nitrogens with zero attached hydrogens (tertiary/aromatic N) is 1. The molecule has 0 unspecified atom stereocenters. The second kappa shape index (κ2) is 12.7. The fourth-order valence-electron chi connectivity index (χ4n) is 3.97. The minimum Gasteiger partial charge on any atom is -0.466 e. The van der Waals surface area contributed by atoms with Crippen molar-refractivity contribution in [2.24, 2.45) is 0 Å². The van der Waals surface area contributed by atoms with Crippen molar-refractivity contribution in [3.8, 4) is 11.3 Å². The van der Waals surface area contributed by atoms with Crippen LogP contribution in [0.25, 0.3) is 11.3 Å². The summed E-state index contributed by atoms with van der Waals surface area (Å²) in [5, 5.41) is 6.68. The fraction of sp³-hybridized carbons (Fsp3) is 0.233. The molecule has 196 valence electrons. The number of esters is 1. The normalized spacial score (nSPS) is 10.7. The van der Waals surface area contributed by atoms with E-state index in [1.165, 1.54) is 6.07 Å². The number of carbonyl (C=O) groups excluding carboxylic acids is 2. The van der Waals surface area contributed by atoms with Gasteiger partial charge in [-0.3, -0.25) is 10.1 Å². The minimum absolute atomic E-state index is 0.0327. The van der Waals surface area contributed by atoms with Crippen molar-refractivity contribution in [2.45, 2.75) is 33.1 Å². The molecular weight excluding hydrogens is 487 g/mol. The Labute approximate surface area is 220 Å². The van der Waals surface area contributed by atoms with Crippen molar-refractivity contribution in [1.29, 1.82) is 0 Å². The number of hydrogen-bond acceptors (Lipinski definition) is 6. The Kier molecular flexibility index (Phi) is 8.87. The predicted molar refractivity (Wildman–Crippen MR) is 141 cm³/mol. The molecule has 0 atom stereocenters. The monoisotopic (exact) mass is 516 g/mol. The first kappa shape index (κ1) is 26.6. The maximum Gasteiger partial charge on any atom is 0.411 e. The Morgan fingerprint density at radius 2 is 1.58 bits per heavy atom. The molecular formula is C30H29FN2O5. The van der Waals surface area contributed by atoms with E-state index in [9.17, 15) is 14.0 Å². The number of benzene rings is 3. The molecule has 0 saturated heterocycles. The van der Waals surface area contributed by atoms with Crippen LogP contribution in [0.15, 0.2) is 77.3 Å². The Morgan fingerprint density at radius 3 is 2.26 bits per heavy atom. The maximum absolute atomic E-state index is 13.8. The standard InChI is InChI=1S/C30H29FN2O5/c1-3-36-27(34)19-23-10-8-21(9-11-23)18-22-12-14-25(15-13-22)29-28(20(2)33-38-29)32-30(35)37-17-16-24-6-4-5-7-26(24)31/h4-15H,3,16-19H2,1-2H3,(H,32,35). The fourth-order valence-corrected chi connectivity index (χ4v) is 3.97. The number of halogens is 1. The van der Waals surface area contributed by atoms with Crippen LogP contribution < -0.4 is 5.32 Å². The molecule has 8 heteroatoms.